The Labute approximate surface area is 110 Å². The first-order valence-electron chi connectivity index (χ1n) is 5.87. The Balaban J connectivity index is 1.92. The molecule has 0 saturated heterocycles. The highest BCUT2D eigenvalue weighted by Gasteiger charge is 2.12. The van der Waals surface area contributed by atoms with E-state index in [1.54, 1.807) is 19.3 Å². The highest BCUT2D eigenvalue weighted by Crippen LogP contribution is 2.14. The lowest BCUT2D eigenvalue weighted by Gasteiger charge is -2.03. The van der Waals surface area contributed by atoms with Gasteiger partial charge in [-0.15, -0.1) is 0 Å². The Kier molecular flexibility index (Phi) is 3.91. The molecule has 2 rings (SSSR count). The summed E-state index contributed by atoms with van der Waals surface area (Å²) in [5, 5.41) is 12.0. The zero-order chi connectivity index (χ0) is 13.8. The van der Waals surface area contributed by atoms with Gasteiger partial charge < -0.3 is 14.8 Å². The first-order chi connectivity index (χ1) is 9.06. The third-order valence-electron chi connectivity index (χ3n) is 2.69. The molecule has 0 atom stereocenters. The van der Waals surface area contributed by atoms with E-state index in [0.29, 0.717) is 18.8 Å². The van der Waals surface area contributed by atoms with Crippen molar-refractivity contribution < 1.29 is 14.3 Å². The molecule has 0 aromatic carbocycles. The molecule has 6 nitrogen and oxygen atoms in total. The molecule has 0 spiro atoms. The largest absolute Gasteiger partial charge is 0.475 e. The van der Waals surface area contributed by atoms with Crippen LogP contribution in [0.3, 0.4) is 0 Å². The van der Waals surface area contributed by atoms with Gasteiger partial charge in [0.15, 0.2) is 0 Å². The van der Waals surface area contributed by atoms with Crippen LogP contribution in [0, 0.1) is 13.8 Å². The number of hydrogen-bond acceptors (Lipinski definition) is 5. The van der Waals surface area contributed by atoms with Gasteiger partial charge in [-0.1, -0.05) is 0 Å². The van der Waals surface area contributed by atoms with Gasteiger partial charge in [0.1, 0.15) is 5.76 Å². The van der Waals surface area contributed by atoms with Gasteiger partial charge in [0.05, 0.1) is 11.4 Å². The number of furan rings is 1. The van der Waals surface area contributed by atoms with E-state index in [-0.39, 0.29) is 5.76 Å². The minimum absolute atomic E-state index is 0.0376. The van der Waals surface area contributed by atoms with Gasteiger partial charge in [0.2, 0.25) is 5.76 Å². The zero-order valence-corrected chi connectivity index (χ0v) is 10.8. The van der Waals surface area contributed by atoms with E-state index in [9.17, 15) is 4.79 Å². The highest BCUT2D eigenvalue weighted by molar-refractivity contribution is 5.84. The number of hydrogen-bond donors (Lipinski definition) is 2. The van der Waals surface area contributed by atoms with Crippen LogP contribution >= 0.6 is 0 Å². The average molecular weight is 261 g/mol. The van der Waals surface area contributed by atoms with E-state index in [4.69, 9.17) is 9.52 Å². The molecular weight excluding hydrogens is 246 g/mol. The fourth-order valence-electron chi connectivity index (χ4n) is 1.64. The number of carboxylic acids is 1. The van der Waals surface area contributed by atoms with Crippen molar-refractivity contribution in [3.05, 3.63) is 46.9 Å². The second-order valence-corrected chi connectivity index (χ2v) is 4.25. The predicted octanol–water partition coefficient (Wildman–Crippen LogP) is 1.67. The van der Waals surface area contributed by atoms with E-state index in [1.165, 1.54) is 6.07 Å². The van der Waals surface area contributed by atoms with Gasteiger partial charge in [-0.25, -0.2) is 4.79 Å². The Hall–Kier alpha value is -2.21. The van der Waals surface area contributed by atoms with Crippen LogP contribution in [0.2, 0.25) is 0 Å². The summed E-state index contributed by atoms with van der Waals surface area (Å²) >= 11 is 0. The van der Waals surface area contributed by atoms with E-state index in [0.717, 1.165) is 17.0 Å². The summed E-state index contributed by atoms with van der Waals surface area (Å²) in [6.07, 6.45) is 3.43. The lowest BCUT2D eigenvalue weighted by Crippen LogP contribution is -2.14. The van der Waals surface area contributed by atoms with Crippen LogP contribution in [0.5, 0.6) is 0 Å². The lowest BCUT2D eigenvalue weighted by atomic mass is 10.2. The second-order valence-electron chi connectivity index (χ2n) is 4.25. The minimum Gasteiger partial charge on any atom is -0.475 e. The van der Waals surface area contributed by atoms with Crippen LogP contribution in [0.25, 0.3) is 0 Å². The second kappa shape index (κ2) is 5.62. The SMILES string of the molecule is Cc1cnc(CNCc2cc(C(=O)O)oc2C)cn1. The number of nitrogens with zero attached hydrogens (tertiary/aromatic N) is 2. The summed E-state index contributed by atoms with van der Waals surface area (Å²) in [6, 6.07) is 1.53. The van der Waals surface area contributed by atoms with Crippen LogP contribution in [0.1, 0.15) is 33.3 Å². The summed E-state index contributed by atoms with van der Waals surface area (Å²) in [5.41, 5.74) is 2.54. The predicted molar refractivity (Wildman–Crippen MR) is 67.7 cm³/mol. The van der Waals surface area contributed by atoms with Crippen LogP contribution in [0.15, 0.2) is 22.9 Å². The minimum atomic E-state index is -1.06. The number of nitrogens with one attached hydrogen (secondary N) is 1. The maximum Gasteiger partial charge on any atom is 0.371 e. The molecule has 2 aromatic rings. The van der Waals surface area contributed by atoms with Crippen LogP contribution in [-0.4, -0.2) is 21.0 Å². The molecule has 0 fully saturated rings. The molecule has 2 heterocycles. The van der Waals surface area contributed by atoms with E-state index in [2.05, 4.69) is 15.3 Å². The molecule has 0 amide bonds. The average Bonchev–Trinajstić information content (AvgIpc) is 2.74. The van der Waals surface area contributed by atoms with E-state index >= 15 is 0 Å². The molecule has 0 unspecified atom stereocenters. The maximum atomic E-state index is 10.8. The highest BCUT2D eigenvalue weighted by atomic mass is 16.4. The summed E-state index contributed by atoms with van der Waals surface area (Å²) in [6.45, 7) is 4.72. The molecule has 2 aromatic heterocycles. The molecule has 0 bridgehead atoms. The lowest BCUT2D eigenvalue weighted by molar-refractivity contribution is 0.0661. The third kappa shape index (κ3) is 3.38. The smallest absolute Gasteiger partial charge is 0.371 e. The molecule has 2 N–H and O–H groups in total. The van der Waals surface area contributed by atoms with Gasteiger partial charge in [-0.3, -0.25) is 9.97 Å². The van der Waals surface area contributed by atoms with Gasteiger partial charge in [0, 0.05) is 31.0 Å². The Bertz CT molecular complexity index is 575. The molecular formula is C13H15N3O3. The third-order valence-corrected chi connectivity index (χ3v) is 2.69. The molecule has 100 valence electrons. The number of rotatable bonds is 5. The van der Waals surface area contributed by atoms with Crippen LogP contribution < -0.4 is 5.32 Å². The van der Waals surface area contributed by atoms with E-state index in [1.807, 2.05) is 6.92 Å². The monoisotopic (exact) mass is 261 g/mol. The van der Waals surface area contributed by atoms with Gasteiger partial charge in [-0.2, -0.15) is 0 Å². The van der Waals surface area contributed by atoms with Crippen molar-refractivity contribution in [1.82, 2.24) is 15.3 Å². The summed E-state index contributed by atoms with van der Waals surface area (Å²) < 4.78 is 5.13. The topological polar surface area (TPSA) is 88.2 Å². The van der Waals surface area contributed by atoms with Crippen molar-refractivity contribution >= 4 is 5.97 Å². The van der Waals surface area contributed by atoms with Crippen molar-refractivity contribution in [2.45, 2.75) is 26.9 Å². The van der Waals surface area contributed by atoms with Gasteiger partial charge in [0.25, 0.3) is 0 Å². The van der Waals surface area contributed by atoms with Crippen molar-refractivity contribution in [2.24, 2.45) is 0 Å². The van der Waals surface area contributed by atoms with Crippen LogP contribution in [-0.2, 0) is 13.1 Å². The number of carboxylic acid groups (broad SMARTS) is 1. The van der Waals surface area contributed by atoms with Crippen molar-refractivity contribution in [3.8, 4) is 0 Å². The Morgan fingerprint density at radius 3 is 2.68 bits per heavy atom. The quantitative estimate of drug-likeness (QED) is 0.851. The molecule has 0 aliphatic carbocycles. The van der Waals surface area contributed by atoms with Crippen LogP contribution in [0.4, 0.5) is 0 Å². The number of carbonyl (C=O) groups is 1. The van der Waals surface area contributed by atoms with Crippen molar-refractivity contribution in [1.29, 1.82) is 0 Å². The molecule has 0 aliphatic heterocycles. The normalized spacial score (nSPS) is 10.6. The van der Waals surface area contributed by atoms with Crippen molar-refractivity contribution in [3.63, 3.8) is 0 Å². The fourth-order valence-corrected chi connectivity index (χ4v) is 1.64. The standard InChI is InChI=1S/C13H15N3O3/c1-8-4-16-11(7-15-8)6-14-5-10-3-12(13(17)18)19-9(10)2/h3-4,7,14H,5-6H2,1-2H3,(H,17,18). The first kappa shape index (κ1) is 13.2. The molecule has 19 heavy (non-hydrogen) atoms. The van der Waals surface area contributed by atoms with Gasteiger partial charge in [-0.05, 0) is 19.9 Å². The number of aryl methyl sites for hydroxylation is 2. The molecule has 0 aliphatic rings. The summed E-state index contributed by atoms with van der Waals surface area (Å²) in [7, 11) is 0. The summed E-state index contributed by atoms with van der Waals surface area (Å²) in [5.74, 6) is -0.483. The molecule has 6 heteroatoms. The summed E-state index contributed by atoms with van der Waals surface area (Å²) in [4.78, 5) is 19.1. The van der Waals surface area contributed by atoms with Crippen molar-refractivity contribution in [2.75, 3.05) is 0 Å². The first-order valence-corrected chi connectivity index (χ1v) is 5.87. The molecule has 0 radical (unpaired) electrons. The zero-order valence-electron chi connectivity index (χ0n) is 10.8. The number of aromatic carboxylic acids is 1. The Morgan fingerprint density at radius 2 is 2.11 bits per heavy atom. The fraction of sp³-hybridized carbons (Fsp3) is 0.308. The maximum absolute atomic E-state index is 10.8. The van der Waals surface area contributed by atoms with Gasteiger partial charge >= 0.3 is 5.97 Å². The number of aromatic nitrogens is 2. The molecule has 0 saturated carbocycles. The Morgan fingerprint density at radius 1 is 1.32 bits per heavy atom. The van der Waals surface area contributed by atoms with E-state index < -0.39 is 5.97 Å².